The molecule has 2 fully saturated rings. The van der Waals surface area contributed by atoms with Crippen LogP contribution in [-0.4, -0.2) is 36.5 Å². The van der Waals surface area contributed by atoms with Crippen molar-refractivity contribution in [1.82, 2.24) is 10.6 Å². The Balaban J connectivity index is 1.65. The number of hydrogen-bond donors (Lipinski definition) is 2. The molecule has 18 heavy (non-hydrogen) atoms. The van der Waals surface area contributed by atoms with Crippen LogP contribution in [0.15, 0.2) is 0 Å². The van der Waals surface area contributed by atoms with Gasteiger partial charge in [-0.15, -0.1) is 0 Å². The van der Waals surface area contributed by atoms with Gasteiger partial charge in [0.2, 0.25) is 5.91 Å². The highest BCUT2D eigenvalue weighted by atomic mass is 32.2. The molecule has 1 saturated heterocycles. The Bertz CT molecular complexity index is 259. The summed E-state index contributed by atoms with van der Waals surface area (Å²) in [6.45, 7) is 0. The molecule has 1 heterocycles. The average molecular weight is 270 g/mol. The minimum Gasteiger partial charge on any atom is -0.353 e. The van der Waals surface area contributed by atoms with Crippen molar-refractivity contribution < 1.29 is 4.79 Å². The van der Waals surface area contributed by atoms with Gasteiger partial charge in [-0.05, 0) is 63.0 Å². The molecule has 1 saturated carbocycles. The van der Waals surface area contributed by atoms with Gasteiger partial charge < -0.3 is 10.6 Å². The van der Waals surface area contributed by atoms with Crippen molar-refractivity contribution in [3.8, 4) is 0 Å². The van der Waals surface area contributed by atoms with Crippen LogP contribution in [0.25, 0.3) is 0 Å². The lowest BCUT2D eigenvalue weighted by Crippen LogP contribution is -2.41. The van der Waals surface area contributed by atoms with E-state index in [1.807, 2.05) is 18.8 Å². The quantitative estimate of drug-likeness (QED) is 0.822. The summed E-state index contributed by atoms with van der Waals surface area (Å²) >= 11 is 2.03. The summed E-state index contributed by atoms with van der Waals surface area (Å²) in [4.78, 5) is 12.0. The standard InChI is InChI=1S/C14H26N2OS/c1-15-12-2-4-13(5-3-12)16-14(17)10-11-6-8-18-9-7-11/h11-13,15H,2-10H2,1H3,(H,16,17). The van der Waals surface area contributed by atoms with Crippen LogP contribution < -0.4 is 10.6 Å². The van der Waals surface area contributed by atoms with E-state index < -0.39 is 0 Å². The van der Waals surface area contributed by atoms with Crippen molar-refractivity contribution >= 4 is 17.7 Å². The minimum absolute atomic E-state index is 0.291. The third kappa shape index (κ3) is 4.47. The minimum atomic E-state index is 0.291. The Labute approximate surface area is 115 Å². The van der Waals surface area contributed by atoms with Gasteiger partial charge in [-0.2, -0.15) is 11.8 Å². The van der Waals surface area contributed by atoms with E-state index in [9.17, 15) is 4.79 Å². The van der Waals surface area contributed by atoms with E-state index in [2.05, 4.69) is 10.6 Å². The van der Waals surface area contributed by atoms with Gasteiger partial charge >= 0.3 is 0 Å². The molecule has 0 atom stereocenters. The summed E-state index contributed by atoms with van der Waals surface area (Å²) in [6.07, 6.45) is 7.88. The fourth-order valence-corrected chi connectivity index (χ4v) is 4.23. The van der Waals surface area contributed by atoms with E-state index in [1.54, 1.807) is 0 Å². The largest absolute Gasteiger partial charge is 0.353 e. The van der Waals surface area contributed by atoms with E-state index in [1.165, 1.54) is 37.2 Å². The molecule has 2 N–H and O–H groups in total. The highest BCUT2D eigenvalue weighted by molar-refractivity contribution is 7.99. The fourth-order valence-electron chi connectivity index (χ4n) is 3.03. The lowest BCUT2D eigenvalue weighted by molar-refractivity contribution is -0.123. The van der Waals surface area contributed by atoms with Crippen LogP contribution in [0.4, 0.5) is 0 Å². The Morgan fingerprint density at radius 2 is 1.67 bits per heavy atom. The van der Waals surface area contributed by atoms with Crippen LogP contribution in [0.5, 0.6) is 0 Å². The molecule has 1 aliphatic heterocycles. The normalized spacial score (nSPS) is 30.1. The Hall–Kier alpha value is -0.220. The lowest BCUT2D eigenvalue weighted by atomic mass is 9.90. The van der Waals surface area contributed by atoms with Gasteiger partial charge in [0.05, 0.1) is 0 Å². The molecule has 2 rings (SSSR count). The number of rotatable bonds is 4. The molecular weight excluding hydrogens is 244 g/mol. The van der Waals surface area contributed by atoms with Crippen LogP contribution in [0.3, 0.4) is 0 Å². The molecule has 0 spiro atoms. The van der Waals surface area contributed by atoms with Crippen molar-refractivity contribution in [2.45, 2.75) is 57.0 Å². The maximum absolute atomic E-state index is 12.0. The molecule has 1 aliphatic carbocycles. The summed E-state index contributed by atoms with van der Waals surface area (Å²) in [5, 5.41) is 6.57. The van der Waals surface area contributed by atoms with Crippen molar-refractivity contribution in [2.75, 3.05) is 18.6 Å². The third-order valence-electron chi connectivity index (χ3n) is 4.32. The third-order valence-corrected chi connectivity index (χ3v) is 5.36. The topological polar surface area (TPSA) is 41.1 Å². The molecule has 0 unspecified atom stereocenters. The Morgan fingerprint density at radius 1 is 1.06 bits per heavy atom. The summed E-state index contributed by atoms with van der Waals surface area (Å²) in [5.41, 5.74) is 0. The van der Waals surface area contributed by atoms with Gasteiger partial charge in [-0.3, -0.25) is 4.79 Å². The van der Waals surface area contributed by atoms with Gasteiger partial charge in [0.15, 0.2) is 0 Å². The summed E-state index contributed by atoms with van der Waals surface area (Å²) in [7, 11) is 2.03. The molecule has 104 valence electrons. The lowest BCUT2D eigenvalue weighted by Gasteiger charge is -2.29. The molecule has 4 heteroatoms. The molecule has 0 aromatic carbocycles. The van der Waals surface area contributed by atoms with Gasteiger partial charge in [-0.1, -0.05) is 0 Å². The molecule has 0 aromatic heterocycles. The van der Waals surface area contributed by atoms with Crippen molar-refractivity contribution in [3.63, 3.8) is 0 Å². The molecule has 0 aromatic rings. The monoisotopic (exact) mass is 270 g/mol. The van der Waals surface area contributed by atoms with E-state index in [0.29, 0.717) is 23.9 Å². The first-order valence-electron chi connectivity index (χ1n) is 7.32. The highest BCUT2D eigenvalue weighted by Crippen LogP contribution is 2.25. The molecule has 1 amide bonds. The molecule has 2 aliphatic rings. The zero-order chi connectivity index (χ0) is 12.8. The second-order valence-electron chi connectivity index (χ2n) is 5.66. The van der Waals surface area contributed by atoms with Gasteiger partial charge in [0.25, 0.3) is 0 Å². The van der Waals surface area contributed by atoms with E-state index >= 15 is 0 Å². The molecule has 3 nitrogen and oxygen atoms in total. The predicted octanol–water partition coefficient (Wildman–Crippen LogP) is 2.17. The summed E-state index contributed by atoms with van der Waals surface area (Å²) in [6, 6.07) is 1.09. The maximum atomic E-state index is 12.0. The van der Waals surface area contributed by atoms with Crippen molar-refractivity contribution in [1.29, 1.82) is 0 Å². The highest BCUT2D eigenvalue weighted by Gasteiger charge is 2.23. The van der Waals surface area contributed by atoms with Gasteiger partial charge in [0.1, 0.15) is 0 Å². The Morgan fingerprint density at radius 3 is 2.28 bits per heavy atom. The zero-order valence-electron chi connectivity index (χ0n) is 11.4. The van der Waals surface area contributed by atoms with E-state index in [0.717, 1.165) is 19.3 Å². The van der Waals surface area contributed by atoms with Crippen LogP contribution in [0.1, 0.15) is 44.9 Å². The van der Waals surface area contributed by atoms with E-state index in [-0.39, 0.29) is 0 Å². The van der Waals surface area contributed by atoms with Crippen molar-refractivity contribution in [3.05, 3.63) is 0 Å². The van der Waals surface area contributed by atoms with Crippen LogP contribution in [0.2, 0.25) is 0 Å². The fraction of sp³-hybridized carbons (Fsp3) is 0.929. The van der Waals surface area contributed by atoms with Crippen molar-refractivity contribution in [2.24, 2.45) is 5.92 Å². The first-order chi connectivity index (χ1) is 8.78. The molecule has 0 bridgehead atoms. The SMILES string of the molecule is CNC1CCC(NC(=O)CC2CCSCC2)CC1. The first-order valence-corrected chi connectivity index (χ1v) is 8.47. The number of thioether (sulfide) groups is 1. The number of hydrogen-bond acceptors (Lipinski definition) is 3. The number of amides is 1. The Kier molecular flexibility index (Phi) is 5.83. The van der Waals surface area contributed by atoms with Gasteiger partial charge in [0, 0.05) is 18.5 Å². The number of carbonyl (C=O) groups excluding carboxylic acids is 1. The van der Waals surface area contributed by atoms with Crippen LogP contribution >= 0.6 is 11.8 Å². The number of nitrogens with one attached hydrogen (secondary N) is 2. The predicted molar refractivity (Wildman–Crippen MR) is 77.9 cm³/mol. The second-order valence-corrected chi connectivity index (χ2v) is 6.89. The summed E-state index contributed by atoms with van der Waals surface area (Å²) in [5.74, 6) is 3.41. The van der Waals surface area contributed by atoms with E-state index in [4.69, 9.17) is 0 Å². The maximum Gasteiger partial charge on any atom is 0.220 e. The second kappa shape index (κ2) is 7.39. The smallest absolute Gasteiger partial charge is 0.220 e. The van der Waals surface area contributed by atoms with Crippen LogP contribution in [0, 0.1) is 5.92 Å². The summed E-state index contributed by atoms with van der Waals surface area (Å²) < 4.78 is 0. The molecular formula is C14H26N2OS. The zero-order valence-corrected chi connectivity index (χ0v) is 12.2. The van der Waals surface area contributed by atoms with Gasteiger partial charge in [-0.25, -0.2) is 0 Å². The number of carbonyl (C=O) groups is 1. The van der Waals surface area contributed by atoms with Crippen LogP contribution in [-0.2, 0) is 4.79 Å². The average Bonchev–Trinajstić information content (AvgIpc) is 2.40. The first kappa shape index (κ1) is 14.2. The molecule has 0 radical (unpaired) electrons.